The fourth-order valence-corrected chi connectivity index (χ4v) is 1.97. The maximum absolute atomic E-state index is 11.6. The normalized spacial score (nSPS) is 21.4. The Hall–Kier alpha value is -0.610. The molecule has 1 aliphatic carbocycles. The molecule has 1 aliphatic rings. The van der Waals surface area contributed by atoms with E-state index in [1.54, 1.807) is 7.05 Å². The number of ether oxygens (including phenoxy) is 2. The molecule has 1 atom stereocenters. The lowest BCUT2D eigenvalue weighted by molar-refractivity contribution is -0.151. The smallest absolute Gasteiger partial charge is 0.328 e. The molecule has 0 amide bonds. The fraction of sp³-hybridized carbons (Fsp3) is 0.917. The van der Waals surface area contributed by atoms with Gasteiger partial charge >= 0.3 is 5.97 Å². The Labute approximate surface area is 97.7 Å². The summed E-state index contributed by atoms with van der Waals surface area (Å²) in [6.45, 7) is 2.18. The summed E-state index contributed by atoms with van der Waals surface area (Å²) in [5, 5.41) is 2.97. The second kappa shape index (κ2) is 6.21. The number of likely N-dealkylation sites (N-methyl/N-ethyl adjacent to an activating group) is 1. The molecule has 0 aromatic carbocycles. The summed E-state index contributed by atoms with van der Waals surface area (Å²) in [4.78, 5) is 11.6. The predicted molar refractivity (Wildman–Crippen MR) is 62.3 cm³/mol. The van der Waals surface area contributed by atoms with Crippen molar-refractivity contribution in [3.8, 4) is 0 Å². The first-order chi connectivity index (χ1) is 7.62. The topological polar surface area (TPSA) is 47.6 Å². The molecule has 94 valence electrons. The zero-order valence-corrected chi connectivity index (χ0v) is 10.5. The first-order valence-electron chi connectivity index (χ1n) is 6.01. The molecule has 16 heavy (non-hydrogen) atoms. The number of hydrogen-bond donors (Lipinski definition) is 1. The van der Waals surface area contributed by atoms with Crippen molar-refractivity contribution >= 4 is 5.97 Å². The van der Waals surface area contributed by atoms with Gasteiger partial charge in [0.2, 0.25) is 0 Å². The molecular weight excluding hydrogens is 206 g/mol. The van der Waals surface area contributed by atoms with Crippen LogP contribution in [-0.4, -0.2) is 38.4 Å². The van der Waals surface area contributed by atoms with Crippen molar-refractivity contribution < 1.29 is 14.3 Å². The summed E-state index contributed by atoms with van der Waals surface area (Å²) in [6, 6.07) is 0. The van der Waals surface area contributed by atoms with Gasteiger partial charge in [-0.3, -0.25) is 0 Å². The standard InChI is InChI=1S/C12H23NO3/c1-12(13-2,11(14)15-3)9-16-10-7-5-4-6-8-10/h10,13H,4-9H2,1-3H3. The van der Waals surface area contributed by atoms with Crippen LogP contribution in [0, 0.1) is 0 Å². The molecule has 1 N–H and O–H groups in total. The fourth-order valence-electron chi connectivity index (χ4n) is 1.97. The lowest BCUT2D eigenvalue weighted by Gasteiger charge is -2.29. The minimum absolute atomic E-state index is 0.272. The van der Waals surface area contributed by atoms with Gasteiger partial charge in [0, 0.05) is 0 Å². The van der Waals surface area contributed by atoms with Crippen LogP contribution in [0.5, 0.6) is 0 Å². The Morgan fingerprint density at radius 3 is 2.50 bits per heavy atom. The van der Waals surface area contributed by atoms with E-state index in [4.69, 9.17) is 9.47 Å². The van der Waals surface area contributed by atoms with Crippen molar-refractivity contribution in [1.82, 2.24) is 5.32 Å². The second-order valence-electron chi connectivity index (χ2n) is 4.64. The molecule has 0 aromatic heterocycles. The zero-order valence-electron chi connectivity index (χ0n) is 10.5. The van der Waals surface area contributed by atoms with E-state index in [0.717, 1.165) is 12.8 Å². The highest BCUT2D eigenvalue weighted by Crippen LogP contribution is 2.21. The van der Waals surface area contributed by atoms with Crippen molar-refractivity contribution in [2.75, 3.05) is 20.8 Å². The highest BCUT2D eigenvalue weighted by molar-refractivity contribution is 5.80. The molecule has 1 rings (SSSR count). The average molecular weight is 229 g/mol. The number of nitrogens with one attached hydrogen (secondary N) is 1. The molecule has 0 heterocycles. The molecule has 0 aliphatic heterocycles. The van der Waals surface area contributed by atoms with Gasteiger partial charge in [-0.05, 0) is 26.8 Å². The lowest BCUT2D eigenvalue weighted by atomic mass is 9.97. The van der Waals surface area contributed by atoms with Gasteiger partial charge in [0.25, 0.3) is 0 Å². The van der Waals surface area contributed by atoms with E-state index in [9.17, 15) is 4.79 Å². The Bertz CT molecular complexity index is 226. The molecule has 0 spiro atoms. The van der Waals surface area contributed by atoms with Crippen molar-refractivity contribution in [2.24, 2.45) is 0 Å². The number of hydrogen-bond acceptors (Lipinski definition) is 4. The van der Waals surface area contributed by atoms with Crippen molar-refractivity contribution in [1.29, 1.82) is 0 Å². The SMILES string of the molecule is CNC(C)(COC1CCCCC1)C(=O)OC. The summed E-state index contributed by atoms with van der Waals surface area (Å²) in [5.74, 6) is -0.272. The predicted octanol–water partition coefficient (Wildman–Crippen LogP) is 1.49. The number of carbonyl (C=O) groups excluding carboxylic acids is 1. The minimum atomic E-state index is -0.730. The molecule has 1 unspecified atom stereocenters. The van der Waals surface area contributed by atoms with Crippen molar-refractivity contribution in [3.63, 3.8) is 0 Å². The number of rotatable bonds is 5. The first kappa shape index (κ1) is 13.5. The van der Waals surface area contributed by atoms with E-state index >= 15 is 0 Å². The molecule has 1 fully saturated rings. The zero-order chi connectivity index (χ0) is 12.0. The van der Waals surface area contributed by atoms with Crippen LogP contribution in [0.2, 0.25) is 0 Å². The van der Waals surface area contributed by atoms with Crippen molar-refractivity contribution in [2.45, 2.75) is 50.7 Å². The lowest BCUT2D eigenvalue weighted by Crippen LogP contribution is -2.52. The van der Waals surface area contributed by atoms with Gasteiger partial charge in [0.05, 0.1) is 19.8 Å². The van der Waals surface area contributed by atoms with Gasteiger partial charge in [-0.15, -0.1) is 0 Å². The molecule has 4 nitrogen and oxygen atoms in total. The van der Waals surface area contributed by atoms with Crippen LogP contribution < -0.4 is 5.32 Å². The van der Waals surface area contributed by atoms with Gasteiger partial charge in [-0.25, -0.2) is 4.79 Å². The molecule has 0 radical (unpaired) electrons. The third-order valence-electron chi connectivity index (χ3n) is 3.35. The van der Waals surface area contributed by atoms with Crippen LogP contribution >= 0.6 is 0 Å². The molecule has 0 bridgehead atoms. The Balaban J connectivity index is 2.40. The van der Waals surface area contributed by atoms with Gasteiger partial charge in [0.1, 0.15) is 5.54 Å². The highest BCUT2D eigenvalue weighted by Gasteiger charge is 2.34. The van der Waals surface area contributed by atoms with Gasteiger partial charge in [0.15, 0.2) is 0 Å². The van der Waals surface area contributed by atoms with Crippen molar-refractivity contribution in [3.05, 3.63) is 0 Å². The minimum Gasteiger partial charge on any atom is -0.468 e. The van der Waals surface area contributed by atoms with Gasteiger partial charge in [-0.2, -0.15) is 0 Å². The molecule has 0 aromatic rings. The number of methoxy groups -OCH3 is 1. The third kappa shape index (κ3) is 3.46. The molecular formula is C12H23NO3. The number of esters is 1. The van der Waals surface area contributed by atoms with E-state index in [2.05, 4.69) is 5.32 Å². The van der Waals surface area contributed by atoms with Gasteiger partial charge < -0.3 is 14.8 Å². The summed E-state index contributed by atoms with van der Waals surface area (Å²) in [6.07, 6.45) is 6.31. The van der Waals surface area contributed by atoms with E-state index in [0.29, 0.717) is 12.7 Å². The summed E-state index contributed by atoms with van der Waals surface area (Å²) in [7, 11) is 3.15. The maximum atomic E-state index is 11.6. The Kier molecular flexibility index (Phi) is 5.22. The summed E-state index contributed by atoms with van der Waals surface area (Å²) in [5.41, 5.74) is -0.730. The third-order valence-corrected chi connectivity index (χ3v) is 3.35. The Morgan fingerprint density at radius 1 is 1.38 bits per heavy atom. The van der Waals surface area contributed by atoms with Crippen LogP contribution in [0.3, 0.4) is 0 Å². The van der Waals surface area contributed by atoms with Crippen LogP contribution in [0.25, 0.3) is 0 Å². The Morgan fingerprint density at radius 2 is 2.00 bits per heavy atom. The van der Waals surface area contributed by atoms with Crippen LogP contribution in [0.1, 0.15) is 39.0 Å². The van der Waals surface area contributed by atoms with Crippen LogP contribution in [0.15, 0.2) is 0 Å². The van der Waals surface area contributed by atoms with E-state index < -0.39 is 5.54 Å². The number of carbonyl (C=O) groups is 1. The maximum Gasteiger partial charge on any atom is 0.328 e. The summed E-state index contributed by atoms with van der Waals surface area (Å²) < 4.78 is 10.6. The second-order valence-corrected chi connectivity index (χ2v) is 4.64. The average Bonchev–Trinajstić information content (AvgIpc) is 2.36. The van der Waals surface area contributed by atoms with Crippen LogP contribution in [-0.2, 0) is 14.3 Å². The van der Waals surface area contributed by atoms with Crippen LogP contribution in [0.4, 0.5) is 0 Å². The van der Waals surface area contributed by atoms with E-state index in [1.807, 2.05) is 6.92 Å². The molecule has 4 heteroatoms. The molecule has 1 saturated carbocycles. The highest BCUT2D eigenvalue weighted by atomic mass is 16.5. The first-order valence-corrected chi connectivity index (χ1v) is 6.01. The summed E-state index contributed by atoms with van der Waals surface area (Å²) >= 11 is 0. The largest absolute Gasteiger partial charge is 0.468 e. The quantitative estimate of drug-likeness (QED) is 0.726. The molecule has 0 saturated heterocycles. The monoisotopic (exact) mass is 229 g/mol. The van der Waals surface area contributed by atoms with E-state index in [-0.39, 0.29) is 5.97 Å². The van der Waals surface area contributed by atoms with E-state index in [1.165, 1.54) is 26.4 Å². The van der Waals surface area contributed by atoms with Gasteiger partial charge in [-0.1, -0.05) is 19.3 Å².